The highest BCUT2D eigenvalue weighted by molar-refractivity contribution is 5.78. The normalized spacial score (nSPS) is 28.9. The standard InChI is InChI=1S/C15H26N2O3/c1-15(2,3)20-14(19)12-7-5-9-17(12)11-6-4-8-16-13(18)10-11/h11-12H,4-10H2,1-3H3,(H,16,18)/t11?,12-/m0/s1. The fourth-order valence-electron chi connectivity index (χ4n) is 3.09. The van der Waals surface area contributed by atoms with Crippen LogP contribution in [0.4, 0.5) is 0 Å². The maximum absolute atomic E-state index is 12.3. The minimum atomic E-state index is -0.452. The van der Waals surface area contributed by atoms with E-state index < -0.39 is 5.60 Å². The second-order valence-electron chi connectivity index (χ2n) is 6.78. The lowest BCUT2D eigenvalue weighted by atomic mass is 10.1. The van der Waals surface area contributed by atoms with Gasteiger partial charge in [0.1, 0.15) is 11.6 Å². The predicted octanol–water partition coefficient (Wildman–Crippen LogP) is 1.46. The van der Waals surface area contributed by atoms with Gasteiger partial charge in [-0.15, -0.1) is 0 Å². The van der Waals surface area contributed by atoms with Crippen LogP contribution in [0.1, 0.15) is 52.9 Å². The monoisotopic (exact) mass is 282 g/mol. The molecule has 5 nitrogen and oxygen atoms in total. The second kappa shape index (κ2) is 6.12. The van der Waals surface area contributed by atoms with Crippen molar-refractivity contribution in [3.63, 3.8) is 0 Å². The number of carbonyl (C=O) groups is 2. The second-order valence-corrected chi connectivity index (χ2v) is 6.78. The van der Waals surface area contributed by atoms with E-state index in [2.05, 4.69) is 10.2 Å². The summed E-state index contributed by atoms with van der Waals surface area (Å²) in [7, 11) is 0. The van der Waals surface area contributed by atoms with Gasteiger partial charge < -0.3 is 10.1 Å². The van der Waals surface area contributed by atoms with Gasteiger partial charge in [0.25, 0.3) is 0 Å². The molecule has 0 saturated carbocycles. The van der Waals surface area contributed by atoms with Crippen molar-refractivity contribution in [3.8, 4) is 0 Å². The van der Waals surface area contributed by atoms with Crippen LogP contribution in [0.2, 0.25) is 0 Å². The van der Waals surface area contributed by atoms with Crippen molar-refractivity contribution in [1.82, 2.24) is 10.2 Å². The molecule has 2 aliphatic rings. The fourth-order valence-corrected chi connectivity index (χ4v) is 3.09. The van der Waals surface area contributed by atoms with Gasteiger partial charge in [0.05, 0.1) is 0 Å². The lowest BCUT2D eigenvalue weighted by molar-refractivity contribution is -0.161. The first-order chi connectivity index (χ1) is 9.37. The van der Waals surface area contributed by atoms with Crippen LogP contribution in [0.5, 0.6) is 0 Å². The van der Waals surface area contributed by atoms with E-state index in [1.807, 2.05) is 20.8 Å². The highest BCUT2D eigenvalue weighted by Crippen LogP contribution is 2.27. The van der Waals surface area contributed by atoms with Gasteiger partial charge in [-0.25, -0.2) is 0 Å². The number of hydrogen-bond donors (Lipinski definition) is 1. The third-order valence-electron chi connectivity index (χ3n) is 3.90. The molecule has 20 heavy (non-hydrogen) atoms. The van der Waals surface area contributed by atoms with Crippen LogP contribution in [-0.2, 0) is 14.3 Å². The molecule has 1 amide bonds. The van der Waals surface area contributed by atoms with E-state index in [4.69, 9.17) is 4.74 Å². The lowest BCUT2D eigenvalue weighted by Crippen LogP contribution is -2.46. The molecule has 0 aromatic heterocycles. The molecule has 0 aromatic rings. The van der Waals surface area contributed by atoms with Crippen LogP contribution in [0, 0.1) is 0 Å². The molecule has 0 aromatic carbocycles. The van der Waals surface area contributed by atoms with Crippen molar-refractivity contribution in [2.45, 2.75) is 70.6 Å². The summed E-state index contributed by atoms with van der Waals surface area (Å²) >= 11 is 0. The van der Waals surface area contributed by atoms with E-state index in [9.17, 15) is 9.59 Å². The molecular formula is C15H26N2O3. The summed E-state index contributed by atoms with van der Waals surface area (Å²) in [6, 6.07) is 0.00245. The Morgan fingerprint density at radius 3 is 2.75 bits per heavy atom. The SMILES string of the molecule is CC(C)(C)OC(=O)[C@@H]1CCCN1C1CCCNC(=O)C1. The van der Waals surface area contributed by atoms with E-state index in [0.717, 1.165) is 38.8 Å². The molecule has 114 valence electrons. The van der Waals surface area contributed by atoms with E-state index in [1.165, 1.54) is 0 Å². The van der Waals surface area contributed by atoms with Gasteiger partial charge in [0.2, 0.25) is 5.91 Å². The highest BCUT2D eigenvalue weighted by atomic mass is 16.6. The van der Waals surface area contributed by atoms with Crippen molar-refractivity contribution in [2.24, 2.45) is 0 Å². The van der Waals surface area contributed by atoms with Crippen LogP contribution in [0.15, 0.2) is 0 Å². The molecule has 2 rings (SSSR count). The minimum absolute atomic E-state index is 0.0994. The first-order valence-corrected chi connectivity index (χ1v) is 7.62. The van der Waals surface area contributed by atoms with Gasteiger partial charge in [-0.3, -0.25) is 14.5 Å². The Kier molecular flexibility index (Phi) is 4.68. The summed E-state index contributed by atoms with van der Waals surface area (Å²) in [4.78, 5) is 26.2. The zero-order valence-electron chi connectivity index (χ0n) is 12.8. The molecule has 2 heterocycles. The van der Waals surface area contributed by atoms with Crippen molar-refractivity contribution >= 4 is 11.9 Å². The smallest absolute Gasteiger partial charge is 0.323 e. The van der Waals surface area contributed by atoms with Crippen molar-refractivity contribution in [3.05, 3.63) is 0 Å². The molecule has 2 saturated heterocycles. The van der Waals surface area contributed by atoms with Crippen LogP contribution in [0.3, 0.4) is 0 Å². The summed E-state index contributed by atoms with van der Waals surface area (Å²) in [6.45, 7) is 7.32. The number of likely N-dealkylation sites (tertiary alicyclic amines) is 1. The Morgan fingerprint density at radius 2 is 2.05 bits per heavy atom. The zero-order chi connectivity index (χ0) is 14.8. The van der Waals surface area contributed by atoms with Crippen molar-refractivity contribution < 1.29 is 14.3 Å². The molecule has 5 heteroatoms. The summed E-state index contributed by atoms with van der Waals surface area (Å²) in [6.07, 6.45) is 4.29. The van der Waals surface area contributed by atoms with Gasteiger partial charge in [-0.05, 0) is 53.0 Å². The molecule has 2 aliphatic heterocycles. The van der Waals surface area contributed by atoms with Crippen molar-refractivity contribution in [2.75, 3.05) is 13.1 Å². The van der Waals surface area contributed by atoms with Crippen LogP contribution < -0.4 is 5.32 Å². The third kappa shape index (κ3) is 3.95. The largest absolute Gasteiger partial charge is 0.459 e. The van der Waals surface area contributed by atoms with Gasteiger partial charge in [0, 0.05) is 19.0 Å². The quantitative estimate of drug-likeness (QED) is 0.779. The number of esters is 1. The molecule has 0 aliphatic carbocycles. The Morgan fingerprint density at radius 1 is 1.30 bits per heavy atom. The Bertz CT molecular complexity index is 376. The van der Waals surface area contributed by atoms with Gasteiger partial charge in [-0.2, -0.15) is 0 Å². The summed E-state index contributed by atoms with van der Waals surface area (Å²) in [5.74, 6) is -0.0398. The van der Waals surface area contributed by atoms with Crippen molar-refractivity contribution in [1.29, 1.82) is 0 Å². The molecule has 0 spiro atoms. The molecule has 2 fully saturated rings. The number of rotatable bonds is 2. The summed E-state index contributed by atoms with van der Waals surface area (Å²) in [5.41, 5.74) is -0.452. The van der Waals surface area contributed by atoms with Gasteiger partial charge >= 0.3 is 5.97 Å². The van der Waals surface area contributed by atoms with Crippen LogP contribution in [0.25, 0.3) is 0 Å². The number of carbonyl (C=O) groups excluding carboxylic acids is 2. The average Bonchev–Trinajstić information content (AvgIpc) is 2.71. The van der Waals surface area contributed by atoms with E-state index in [1.54, 1.807) is 0 Å². The topological polar surface area (TPSA) is 58.6 Å². The zero-order valence-corrected chi connectivity index (χ0v) is 12.8. The molecule has 1 N–H and O–H groups in total. The van der Waals surface area contributed by atoms with E-state index >= 15 is 0 Å². The number of amides is 1. The van der Waals surface area contributed by atoms with Crippen LogP contribution >= 0.6 is 0 Å². The molecule has 0 bridgehead atoms. The first-order valence-electron chi connectivity index (χ1n) is 7.62. The minimum Gasteiger partial charge on any atom is -0.459 e. The van der Waals surface area contributed by atoms with Gasteiger partial charge in [0.15, 0.2) is 0 Å². The Labute approximate surface area is 121 Å². The van der Waals surface area contributed by atoms with Crippen LogP contribution in [-0.4, -0.2) is 47.6 Å². The van der Waals surface area contributed by atoms with Gasteiger partial charge in [-0.1, -0.05) is 0 Å². The fraction of sp³-hybridized carbons (Fsp3) is 0.867. The summed E-state index contributed by atoms with van der Waals surface area (Å²) < 4.78 is 5.52. The predicted molar refractivity (Wildman–Crippen MR) is 76.2 cm³/mol. The number of nitrogens with one attached hydrogen (secondary N) is 1. The molecule has 1 unspecified atom stereocenters. The Hall–Kier alpha value is -1.10. The summed E-state index contributed by atoms with van der Waals surface area (Å²) in [5, 5.41) is 2.90. The number of hydrogen-bond acceptors (Lipinski definition) is 4. The number of ether oxygens (including phenoxy) is 1. The third-order valence-corrected chi connectivity index (χ3v) is 3.90. The van der Waals surface area contributed by atoms with E-state index in [-0.39, 0.29) is 24.0 Å². The maximum Gasteiger partial charge on any atom is 0.323 e. The average molecular weight is 282 g/mol. The molecular weight excluding hydrogens is 256 g/mol. The maximum atomic E-state index is 12.3. The molecule has 2 atom stereocenters. The highest BCUT2D eigenvalue weighted by Gasteiger charge is 2.38. The Balaban J connectivity index is 2.02. The molecule has 0 radical (unpaired) electrons. The lowest BCUT2D eigenvalue weighted by Gasteiger charge is -2.32. The van der Waals surface area contributed by atoms with E-state index in [0.29, 0.717) is 6.42 Å². The first kappa shape index (κ1) is 15.3. The number of nitrogens with zero attached hydrogens (tertiary/aromatic N) is 1.